The van der Waals surface area contributed by atoms with E-state index in [1.165, 1.54) is 6.92 Å². The van der Waals surface area contributed by atoms with E-state index in [0.717, 1.165) is 5.56 Å². The lowest BCUT2D eigenvalue weighted by atomic mass is 10.1. The molecule has 0 aromatic heterocycles. The molecule has 23 heavy (non-hydrogen) atoms. The van der Waals surface area contributed by atoms with Gasteiger partial charge in [-0.1, -0.05) is 30.3 Å². The van der Waals surface area contributed by atoms with Crippen molar-refractivity contribution in [2.75, 3.05) is 13.2 Å². The number of carbonyl (C=O) groups is 2. The first kappa shape index (κ1) is 15.8. The molecule has 1 aromatic carbocycles. The molecule has 2 saturated heterocycles. The van der Waals surface area contributed by atoms with Crippen LogP contribution in [0.1, 0.15) is 12.5 Å². The lowest BCUT2D eigenvalue weighted by molar-refractivity contribution is -0.151. The summed E-state index contributed by atoms with van der Waals surface area (Å²) in [6.07, 6.45) is -2.26. The Labute approximate surface area is 133 Å². The Morgan fingerprint density at radius 3 is 2.30 bits per heavy atom. The van der Waals surface area contributed by atoms with Gasteiger partial charge in [0.25, 0.3) is 0 Å². The predicted molar refractivity (Wildman–Crippen MR) is 78.6 cm³/mol. The molecule has 0 saturated carbocycles. The van der Waals surface area contributed by atoms with Crippen molar-refractivity contribution in [2.24, 2.45) is 0 Å². The van der Waals surface area contributed by atoms with Crippen LogP contribution in [-0.2, 0) is 30.3 Å². The minimum Gasteiger partial charge on any atom is -0.457 e. The van der Waals surface area contributed by atoms with Crippen molar-refractivity contribution in [3.8, 4) is 0 Å². The van der Waals surface area contributed by atoms with Gasteiger partial charge in [0.05, 0.1) is 13.2 Å². The summed E-state index contributed by atoms with van der Waals surface area (Å²) in [6.45, 7) is 2.21. The highest BCUT2D eigenvalue weighted by Crippen LogP contribution is 2.30. The molecule has 2 fully saturated rings. The number of rotatable bonds is 4. The van der Waals surface area contributed by atoms with E-state index in [4.69, 9.17) is 18.9 Å². The van der Waals surface area contributed by atoms with Crippen molar-refractivity contribution >= 4 is 12.1 Å². The Morgan fingerprint density at radius 1 is 1.09 bits per heavy atom. The van der Waals surface area contributed by atoms with Gasteiger partial charge in [0.1, 0.15) is 12.2 Å². The number of esters is 1. The summed E-state index contributed by atoms with van der Waals surface area (Å²) in [7, 11) is 0. The van der Waals surface area contributed by atoms with Gasteiger partial charge in [-0.3, -0.25) is 4.79 Å². The van der Waals surface area contributed by atoms with E-state index in [1.807, 2.05) is 30.3 Å². The van der Waals surface area contributed by atoms with Crippen LogP contribution >= 0.6 is 0 Å². The van der Waals surface area contributed by atoms with E-state index < -0.39 is 24.4 Å². The maximum absolute atomic E-state index is 11.9. The van der Waals surface area contributed by atoms with Gasteiger partial charge < -0.3 is 24.3 Å². The van der Waals surface area contributed by atoms with E-state index >= 15 is 0 Å². The quantitative estimate of drug-likeness (QED) is 0.834. The average molecular weight is 321 g/mol. The maximum atomic E-state index is 11.9. The Morgan fingerprint density at radius 2 is 1.70 bits per heavy atom. The number of hydrogen-bond acceptors (Lipinski definition) is 6. The molecule has 2 aliphatic rings. The second-order valence-corrected chi connectivity index (χ2v) is 5.53. The van der Waals surface area contributed by atoms with Crippen LogP contribution in [0.15, 0.2) is 30.3 Å². The Bertz CT molecular complexity index is 563. The fourth-order valence-electron chi connectivity index (χ4n) is 2.79. The third kappa shape index (κ3) is 3.80. The molecule has 124 valence electrons. The van der Waals surface area contributed by atoms with Crippen LogP contribution in [0.25, 0.3) is 0 Å². The number of fused-ring (bicyclic) bond motifs is 1. The zero-order valence-electron chi connectivity index (χ0n) is 12.8. The first-order valence-electron chi connectivity index (χ1n) is 7.52. The van der Waals surface area contributed by atoms with Crippen molar-refractivity contribution in [2.45, 2.75) is 37.9 Å². The number of amides is 1. The molecular formula is C16H19NO6. The first-order chi connectivity index (χ1) is 11.1. The van der Waals surface area contributed by atoms with Crippen molar-refractivity contribution < 1.29 is 28.5 Å². The highest BCUT2D eigenvalue weighted by atomic mass is 16.7. The lowest BCUT2D eigenvalue weighted by Crippen LogP contribution is -2.37. The molecule has 1 amide bonds. The minimum absolute atomic E-state index is 0.228. The second-order valence-electron chi connectivity index (χ2n) is 5.53. The third-order valence-corrected chi connectivity index (χ3v) is 3.82. The van der Waals surface area contributed by atoms with Crippen molar-refractivity contribution in [1.82, 2.24) is 5.32 Å². The van der Waals surface area contributed by atoms with Crippen molar-refractivity contribution in [3.05, 3.63) is 35.9 Å². The van der Waals surface area contributed by atoms with Crippen LogP contribution < -0.4 is 5.32 Å². The Balaban J connectivity index is 1.47. The topological polar surface area (TPSA) is 83.1 Å². The van der Waals surface area contributed by atoms with Gasteiger partial charge >= 0.3 is 12.1 Å². The molecule has 0 radical (unpaired) electrons. The van der Waals surface area contributed by atoms with E-state index in [2.05, 4.69) is 5.32 Å². The highest BCUT2D eigenvalue weighted by Gasteiger charge is 2.51. The molecule has 1 N–H and O–H groups in total. The summed E-state index contributed by atoms with van der Waals surface area (Å²) in [4.78, 5) is 22.9. The van der Waals surface area contributed by atoms with Gasteiger partial charge in [0, 0.05) is 13.5 Å². The van der Waals surface area contributed by atoms with Crippen LogP contribution in [0.2, 0.25) is 0 Å². The monoisotopic (exact) mass is 321 g/mol. The summed E-state index contributed by atoms with van der Waals surface area (Å²) in [6, 6.07) is 9.55. The number of nitrogens with one attached hydrogen (secondary N) is 1. The van der Waals surface area contributed by atoms with Crippen LogP contribution in [0, 0.1) is 0 Å². The average Bonchev–Trinajstić information content (AvgIpc) is 3.10. The zero-order valence-corrected chi connectivity index (χ0v) is 12.8. The Hall–Kier alpha value is -2.12. The maximum Gasteiger partial charge on any atom is 0.407 e. The molecule has 3 rings (SSSR count). The smallest absolute Gasteiger partial charge is 0.407 e. The molecule has 0 bridgehead atoms. The number of benzene rings is 1. The van der Waals surface area contributed by atoms with E-state index in [9.17, 15) is 9.59 Å². The molecule has 2 heterocycles. The molecular weight excluding hydrogens is 302 g/mol. The third-order valence-electron chi connectivity index (χ3n) is 3.82. The van der Waals surface area contributed by atoms with Gasteiger partial charge in [-0.05, 0) is 5.56 Å². The van der Waals surface area contributed by atoms with Gasteiger partial charge in [-0.15, -0.1) is 0 Å². The Kier molecular flexibility index (Phi) is 4.78. The van der Waals surface area contributed by atoms with Crippen molar-refractivity contribution in [1.29, 1.82) is 0 Å². The normalized spacial score (nSPS) is 28.9. The molecule has 7 heteroatoms. The predicted octanol–water partition coefficient (Wildman–Crippen LogP) is 1.01. The summed E-state index contributed by atoms with van der Waals surface area (Å²) in [5.74, 6) is -0.382. The minimum atomic E-state index is -0.525. The molecule has 7 nitrogen and oxygen atoms in total. The van der Waals surface area contributed by atoms with Gasteiger partial charge in [-0.25, -0.2) is 4.79 Å². The van der Waals surface area contributed by atoms with Gasteiger partial charge in [0.15, 0.2) is 12.2 Å². The SMILES string of the molecule is CC(=O)O[C@@H]1CO[C@H]2[C@@H]1OC[C@@H]2OC(=O)NCc1ccccc1. The standard InChI is InChI=1S/C16H19NO6/c1-10(18)22-12-8-20-15-13(9-21-14(12)15)23-16(19)17-7-11-5-3-2-4-6-11/h2-6,12-15H,7-9H2,1H3,(H,17,19)/t12-,13+,14-,15-/m1/s1. The highest BCUT2D eigenvalue weighted by molar-refractivity contribution is 5.67. The summed E-state index contributed by atoms with van der Waals surface area (Å²) in [5, 5.41) is 2.69. The molecule has 1 aromatic rings. The van der Waals surface area contributed by atoms with Crippen LogP contribution in [0.5, 0.6) is 0 Å². The molecule has 0 unspecified atom stereocenters. The van der Waals surface area contributed by atoms with Gasteiger partial charge in [-0.2, -0.15) is 0 Å². The molecule has 4 atom stereocenters. The first-order valence-corrected chi connectivity index (χ1v) is 7.52. The second kappa shape index (κ2) is 6.97. The van der Waals surface area contributed by atoms with E-state index in [-0.39, 0.29) is 25.3 Å². The van der Waals surface area contributed by atoms with Gasteiger partial charge in [0.2, 0.25) is 0 Å². The fourth-order valence-corrected chi connectivity index (χ4v) is 2.79. The summed E-state index contributed by atoms with van der Waals surface area (Å²) < 4.78 is 21.6. The summed E-state index contributed by atoms with van der Waals surface area (Å²) >= 11 is 0. The molecule has 0 spiro atoms. The lowest BCUT2D eigenvalue weighted by Gasteiger charge is -2.17. The largest absolute Gasteiger partial charge is 0.457 e. The zero-order chi connectivity index (χ0) is 16.2. The molecule has 0 aliphatic carbocycles. The number of hydrogen-bond donors (Lipinski definition) is 1. The van der Waals surface area contributed by atoms with Crippen molar-refractivity contribution in [3.63, 3.8) is 0 Å². The molecule has 2 aliphatic heterocycles. The summed E-state index contributed by atoms with van der Waals surface area (Å²) in [5.41, 5.74) is 0.983. The van der Waals surface area contributed by atoms with E-state index in [1.54, 1.807) is 0 Å². The number of alkyl carbamates (subject to hydrolysis) is 1. The number of ether oxygens (including phenoxy) is 4. The van der Waals surface area contributed by atoms with Crippen LogP contribution in [0.3, 0.4) is 0 Å². The van der Waals surface area contributed by atoms with Crippen LogP contribution in [-0.4, -0.2) is 49.7 Å². The number of carbonyl (C=O) groups excluding carboxylic acids is 2. The fraction of sp³-hybridized carbons (Fsp3) is 0.500. The van der Waals surface area contributed by atoms with Crippen LogP contribution in [0.4, 0.5) is 4.79 Å². The van der Waals surface area contributed by atoms with E-state index in [0.29, 0.717) is 6.54 Å².